The van der Waals surface area contributed by atoms with Crippen LogP contribution in [0.25, 0.3) is 21.9 Å². The van der Waals surface area contributed by atoms with Crippen LogP contribution in [-0.4, -0.2) is 3.21 Å². The molecule has 0 aliphatic heterocycles. The van der Waals surface area contributed by atoms with E-state index < -0.39 is 0 Å². The maximum atomic E-state index is 3.26. The summed E-state index contributed by atoms with van der Waals surface area (Å²) in [7, 11) is 0. The van der Waals surface area contributed by atoms with Gasteiger partial charge in [-0.05, 0) is 59.9 Å². The summed E-state index contributed by atoms with van der Waals surface area (Å²) in [6.07, 6.45) is 7.65. The van der Waals surface area contributed by atoms with Crippen LogP contribution in [-0.2, 0) is 24.2 Å². The molecule has 3 aliphatic rings. The van der Waals surface area contributed by atoms with Crippen LogP contribution in [0.2, 0.25) is 0 Å². The Morgan fingerprint density at radius 3 is 1.75 bits per heavy atom. The molecule has 1 heteroatoms. The molecule has 5 aromatic rings. The summed E-state index contributed by atoms with van der Waals surface area (Å²) >= 11 is 1.46. The van der Waals surface area contributed by atoms with Gasteiger partial charge in [-0.3, -0.25) is 6.08 Å². The van der Waals surface area contributed by atoms with Gasteiger partial charge >= 0.3 is 99.2 Å². The van der Waals surface area contributed by atoms with Crippen LogP contribution in [0.3, 0.4) is 0 Å². The summed E-state index contributed by atoms with van der Waals surface area (Å²) < 4.78 is 1.42. The Labute approximate surface area is 336 Å². The van der Waals surface area contributed by atoms with Crippen molar-refractivity contribution in [2.24, 2.45) is 23.2 Å². The molecule has 3 aliphatic carbocycles. The van der Waals surface area contributed by atoms with E-state index >= 15 is 0 Å². The average Bonchev–Trinajstić information content (AvgIpc) is 3.73. The zero-order valence-electron chi connectivity index (χ0n) is 34.2. The second-order valence-corrected chi connectivity index (χ2v) is 18.2. The first-order valence-electron chi connectivity index (χ1n) is 19.7. The van der Waals surface area contributed by atoms with E-state index in [4.69, 9.17) is 0 Å². The standard InChI is InChI=1S/C29H33.C13H10.C10H15.Zr/c1-14-13-24-25(18(5)15(14)2)21(8)28-27-20(7)17(4)16(3)19(6)26(27)22-11-9-10-12-23(22)29(24)28;1-3-7-12(8-4-1)11-13-9-5-2-6-10-13;1-8-5-6-9(7-8)10(2,3)4;/h9-13,16-17,19,21H,1-8H3;1-10H;6-8H,1-4H3;/q-1;;-1;+2. The molecule has 0 fully saturated rings. The molecule has 0 heterocycles. The molecule has 0 amide bonds. The third-order valence-corrected chi connectivity index (χ3v) is 14.1. The predicted octanol–water partition coefficient (Wildman–Crippen LogP) is 14.0. The summed E-state index contributed by atoms with van der Waals surface area (Å²) in [6, 6.07) is 32.8. The van der Waals surface area contributed by atoms with Crippen molar-refractivity contribution in [2.45, 2.75) is 94.9 Å². The SMILES string of the molecule is CC1[C-]=CC(C(C)(C)C)=C1.Cc1cc2c(c(C)c1C)C(C)c1c3c(c4ccccc4c1-2)C(C)C(C)C(C)[C-]3C.[Zr+2]=[C](c1ccccc1)c1ccccc1. The van der Waals surface area contributed by atoms with Crippen LogP contribution in [0.15, 0.2) is 109 Å². The summed E-state index contributed by atoms with van der Waals surface area (Å²) in [4.78, 5) is 0. The Morgan fingerprint density at radius 2 is 1.25 bits per heavy atom. The Morgan fingerprint density at radius 1 is 0.698 bits per heavy atom. The van der Waals surface area contributed by atoms with Gasteiger partial charge in [0.15, 0.2) is 0 Å². The number of hydrogen-bond acceptors (Lipinski definition) is 0. The van der Waals surface area contributed by atoms with Crippen LogP contribution < -0.4 is 0 Å². The molecule has 53 heavy (non-hydrogen) atoms. The molecule has 8 rings (SSSR count). The molecule has 5 atom stereocenters. The molecule has 0 aromatic heterocycles. The molecule has 0 saturated heterocycles. The monoisotopic (exact) mass is 772 g/mol. The average molecular weight is 774 g/mol. The number of allylic oxidation sites excluding steroid dienone is 4. The van der Waals surface area contributed by atoms with Gasteiger partial charge in [0.2, 0.25) is 0 Å². The molecule has 0 nitrogen and oxygen atoms in total. The van der Waals surface area contributed by atoms with Crippen LogP contribution in [0, 0.1) is 55.9 Å². The summed E-state index contributed by atoms with van der Waals surface area (Å²) in [5.41, 5.74) is 18.1. The molecule has 270 valence electrons. The topological polar surface area (TPSA) is 0 Å². The van der Waals surface area contributed by atoms with Crippen molar-refractivity contribution in [1.82, 2.24) is 0 Å². The number of aryl methyl sites for hydroxylation is 1. The molecule has 0 radical (unpaired) electrons. The first-order chi connectivity index (χ1) is 25.1. The van der Waals surface area contributed by atoms with Gasteiger partial charge in [0.25, 0.3) is 0 Å². The van der Waals surface area contributed by atoms with Gasteiger partial charge < -0.3 is 0 Å². The molecule has 0 saturated carbocycles. The van der Waals surface area contributed by atoms with Gasteiger partial charge in [0, 0.05) is 0 Å². The fourth-order valence-electron chi connectivity index (χ4n) is 8.87. The van der Waals surface area contributed by atoms with E-state index in [9.17, 15) is 0 Å². The minimum atomic E-state index is 0.303. The van der Waals surface area contributed by atoms with Gasteiger partial charge in [-0.2, -0.15) is 23.1 Å². The fraction of sp³-hybridized carbons (Fsp3) is 0.346. The molecule has 0 bridgehead atoms. The molecular formula is C52H58Zr. The van der Waals surface area contributed by atoms with Gasteiger partial charge in [0.05, 0.1) is 0 Å². The third-order valence-electron chi connectivity index (χ3n) is 12.7. The zero-order valence-corrected chi connectivity index (χ0v) is 36.7. The Balaban J connectivity index is 0.000000165. The van der Waals surface area contributed by atoms with E-state index in [1.807, 2.05) is 0 Å². The molecule has 5 unspecified atom stereocenters. The Bertz CT molecular complexity index is 2150. The van der Waals surface area contributed by atoms with Crippen molar-refractivity contribution in [3.8, 4) is 11.1 Å². The number of fused-ring (bicyclic) bond motifs is 8. The number of hydrogen-bond donors (Lipinski definition) is 0. The maximum absolute atomic E-state index is 3.26. The molecule has 0 spiro atoms. The van der Waals surface area contributed by atoms with Crippen molar-refractivity contribution in [3.63, 3.8) is 0 Å². The van der Waals surface area contributed by atoms with Gasteiger partial charge in [-0.15, -0.1) is 11.1 Å². The Kier molecular flexibility index (Phi) is 11.6. The quantitative estimate of drug-likeness (QED) is 0.157. The van der Waals surface area contributed by atoms with E-state index in [0.29, 0.717) is 35.0 Å². The minimum absolute atomic E-state index is 0.303. The van der Waals surface area contributed by atoms with Gasteiger partial charge in [-0.25, -0.2) is 6.08 Å². The summed E-state index contributed by atoms with van der Waals surface area (Å²) in [6.45, 7) is 27.9. The van der Waals surface area contributed by atoms with Crippen LogP contribution in [0.4, 0.5) is 0 Å². The number of benzene rings is 5. The van der Waals surface area contributed by atoms with Crippen molar-refractivity contribution in [2.75, 3.05) is 0 Å². The molecule has 5 aromatic carbocycles. The van der Waals surface area contributed by atoms with Crippen molar-refractivity contribution >= 4 is 14.0 Å². The van der Waals surface area contributed by atoms with Gasteiger partial charge in [-0.1, -0.05) is 133 Å². The van der Waals surface area contributed by atoms with Crippen molar-refractivity contribution in [3.05, 3.63) is 171 Å². The van der Waals surface area contributed by atoms with E-state index in [1.165, 1.54) is 82.7 Å². The van der Waals surface area contributed by atoms with Crippen LogP contribution in [0.1, 0.15) is 124 Å². The van der Waals surface area contributed by atoms with Crippen molar-refractivity contribution < 1.29 is 24.2 Å². The third kappa shape index (κ3) is 7.46. The second-order valence-electron chi connectivity index (χ2n) is 16.9. The fourth-order valence-corrected chi connectivity index (χ4v) is 9.69. The Hall–Kier alpha value is -3.54. The first kappa shape index (κ1) is 39.2. The van der Waals surface area contributed by atoms with E-state index in [2.05, 4.69) is 192 Å². The van der Waals surface area contributed by atoms with E-state index in [-0.39, 0.29) is 0 Å². The normalized spacial score (nSPS) is 21.1. The number of rotatable bonds is 2. The first-order valence-corrected chi connectivity index (χ1v) is 20.9. The van der Waals surface area contributed by atoms with Crippen LogP contribution >= 0.6 is 0 Å². The predicted molar refractivity (Wildman–Crippen MR) is 226 cm³/mol. The van der Waals surface area contributed by atoms with E-state index in [0.717, 1.165) is 0 Å². The molecular weight excluding hydrogens is 716 g/mol. The van der Waals surface area contributed by atoms with Gasteiger partial charge in [0.1, 0.15) is 0 Å². The summed E-state index contributed by atoms with van der Waals surface area (Å²) in [5, 5.41) is 2.93. The van der Waals surface area contributed by atoms with Crippen LogP contribution in [0.5, 0.6) is 0 Å². The second kappa shape index (κ2) is 15.7. The molecule has 0 N–H and O–H groups in total. The van der Waals surface area contributed by atoms with E-state index in [1.54, 1.807) is 28.2 Å². The van der Waals surface area contributed by atoms with Crippen molar-refractivity contribution in [1.29, 1.82) is 0 Å². The zero-order chi connectivity index (χ0) is 38.4. The summed E-state index contributed by atoms with van der Waals surface area (Å²) in [5.74, 6) is 4.46.